The third-order valence-corrected chi connectivity index (χ3v) is 2.84. The molecule has 15 heavy (non-hydrogen) atoms. The van der Waals surface area contributed by atoms with Crippen LogP contribution in [0.2, 0.25) is 0 Å². The lowest BCUT2D eigenvalue weighted by atomic mass is 10.2. The quantitative estimate of drug-likeness (QED) is 0.834. The highest BCUT2D eigenvalue weighted by Crippen LogP contribution is 2.22. The number of hydrogen-bond acceptors (Lipinski definition) is 2. The summed E-state index contributed by atoms with van der Waals surface area (Å²) in [5, 5.41) is 9.28. The van der Waals surface area contributed by atoms with Crippen LogP contribution in [-0.4, -0.2) is 14.7 Å². The van der Waals surface area contributed by atoms with E-state index in [0.29, 0.717) is 6.04 Å². The molecule has 1 atom stereocenters. The van der Waals surface area contributed by atoms with E-state index in [1.165, 1.54) is 0 Å². The van der Waals surface area contributed by atoms with Crippen LogP contribution in [0.25, 0.3) is 11.0 Å². The topological polar surface area (TPSA) is 38.0 Å². The molecule has 0 aliphatic rings. The van der Waals surface area contributed by atoms with Crippen LogP contribution in [-0.2, 0) is 6.61 Å². The van der Waals surface area contributed by atoms with Gasteiger partial charge >= 0.3 is 0 Å². The number of aliphatic hydroxyl groups is 1. The smallest absolute Gasteiger partial charge is 0.135 e. The zero-order valence-electron chi connectivity index (χ0n) is 9.14. The molecule has 1 aromatic carbocycles. The van der Waals surface area contributed by atoms with Crippen molar-refractivity contribution in [3.8, 4) is 0 Å². The molecular weight excluding hydrogens is 188 g/mol. The molecule has 2 aromatic rings. The summed E-state index contributed by atoms with van der Waals surface area (Å²) in [4.78, 5) is 4.41. The first-order chi connectivity index (χ1) is 7.27. The van der Waals surface area contributed by atoms with E-state index in [-0.39, 0.29) is 6.61 Å². The van der Waals surface area contributed by atoms with Crippen LogP contribution in [0.5, 0.6) is 0 Å². The zero-order chi connectivity index (χ0) is 10.8. The van der Waals surface area contributed by atoms with Crippen LogP contribution in [0.15, 0.2) is 24.3 Å². The number of nitrogens with zero attached hydrogens (tertiary/aromatic N) is 2. The highest BCUT2D eigenvalue weighted by atomic mass is 16.3. The van der Waals surface area contributed by atoms with Crippen molar-refractivity contribution < 1.29 is 5.11 Å². The fraction of sp³-hybridized carbons (Fsp3) is 0.417. The van der Waals surface area contributed by atoms with Crippen LogP contribution in [0, 0.1) is 0 Å². The molecule has 80 valence electrons. The minimum Gasteiger partial charge on any atom is -0.388 e. The maximum atomic E-state index is 9.28. The fourth-order valence-electron chi connectivity index (χ4n) is 1.88. The Kier molecular flexibility index (Phi) is 2.73. The van der Waals surface area contributed by atoms with E-state index in [1.807, 2.05) is 24.3 Å². The lowest BCUT2D eigenvalue weighted by Crippen LogP contribution is -2.08. The van der Waals surface area contributed by atoms with Crippen LogP contribution in [0.1, 0.15) is 32.1 Å². The van der Waals surface area contributed by atoms with Gasteiger partial charge in [-0.2, -0.15) is 0 Å². The van der Waals surface area contributed by atoms with Gasteiger partial charge in [-0.25, -0.2) is 4.98 Å². The molecule has 1 N–H and O–H groups in total. The molecule has 2 rings (SSSR count). The Labute approximate surface area is 89.4 Å². The van der Waals surface area contributed by atoms with Gasteiger partial charge in [-0.3, -0.25) is 0 Å². The summed E-state index contributed by atoms with van der Waals surface area (Å²) < 4.78 is 2.12. The molecular formula is C12H16N2O. The zero-order valence-corrected chi connectivity index (χ0v) is 9.14. The van der Waals surface area contributed by atoms with Gasteiger partial charge < -0.3 is 9.67 Å². The van der Waals surface area contributed by atoms with Crippen molar-refractivity contribution in [3.05, 3.63) is 30.1 Å². The van der Waals surface area contributed by atoms with E-state index < -0.39 is 0 Å². The summed E-state index contributed by atoms with van der Waals surface area (Å²) in [5.41, 5.74) is 2.07. The Morgan fingerprint density at radius 2 is 2.13 bits per heavy atom. The lowest BCUT2D eigenvalue weighted by Gasteiger charge is -2.14. The maximum Gasteiger partial charge on any atom is 0.135 e. The normalized spacial score (nSPS) is 13.3. The molecule has 0 fully saturated rings. The summed E-state index contributed by atoms with van der Waals surface area (Å²) in [6.45, 7) is 4.28. The van der Waals surface area contributed by atoms with E-state index in [4.69, 9.17) is 0 Å². The molecule has 1 heterocycles. The van der Waals surface area contributed by atoms with E-state index in [2.05, 4.69) is 23.4 Å². The van der Waals surface area contributed by atoms with E-state index in [1.54, 1.807) is 0 Å². The number of hydrogen-bond donors (Lipinski definition) is 1. The van der Waals surface area contributed by atoms with Crippen LogP contribution < -0.4 is 0 Å². The van der Waals surface area contributed by atoms with Crippen molar-refractivity contribution in [2.75, 3.05) is 0 Å². The maximum absolute atomic E-state index is 9.28. The Balaban J connectivity index is 2.66. The number of benzene rings is 1. The summed E-state index contributed by atoms with van der Waals surface area (Å²) in [6.07, 6.45) is 1.04. The predicted molar refractivity (Wildman–Crippen MR) is 60.7 cm³/mol. The number of aliphatic hydroxyl groups excluding tert-OH is 1. The molecule has 0 saturated heterocycles. The standard InChI is InChI=1S/C12H16N2O/c1-3-9(2)14-11-7-5-4-6-10(11)13-12(14)8-15/h4-7,9,15H,3,8H2,1-2H3/t9-/m1/s1. The Morgan fingerprint density at radius 1 is 1.40 bits per heavy atom. The average Bonchev–Trinajstić information content (AvgIpc) is 2.66. The second kappa shape index (κ2) is 4.03. The molecule has 0 aliphatic carbocycles. The van der Waals surface area contributed by atoms with Gasteiger partial charge in [-0.05, 0) is 25.5 Å². The van der Waals surface area contributed by atoms with Crippen molar-refractivity contribution in [2.45, 2.75) is 32.9 Å². The Hall–Kier alpha value is -1.35. The minimum absolute atomic E-state index is 0.000972. The highest BCUT2D eigenvalue weighted by Gasteiger charge is 2.13. The molecule has 0 aliphatic heterocycles. The summed E-state index contributed by atoms with van der Waals surface area (Å²) in [5.74, 6) is 0.755. The highest BCUT2D eigenvalue weighted by molar-refractivity contribution is 5.76. The van der Waals surface area contributed by atoms with Gasteiger partial charge in [0.25, 0.3) is 0 Å². The second-order valence-corrected chi connectivity index (χ2v) is 3.80. The largest absolute Gasteiger partial charge is 0.388 e. The number of para-hydroxylation sites is 2. The van der Waals surface area contributed by atoms with Gasteiger partial charge in [-0.15, -0.1) is 0 Å². The molecule has 0 unspecified atom stereocenters. The average molecular weight is 204 g/mol. The summed E-state index contributed by atoms with van der Waals surface area (Å²) in [6, 6.07) is 8.38. The van der Waals surface area contributed by atoms with E-state index >= 15 is 0 Å². The van der Waals surface area contributed by atoms with Crippen molar-refractivity contribution in [2.24, 2.45) is 0 Å². The SMILES string of the molecule is CC[C@@H](C)n1c(CO)nc2ccccc21. The van der Waals surface area contributed by atoms with Gasteiger partial charge in [0.15, 0.2) is 0 Å². The van der Waals surface area contributed by atoms with Gasteiger partial charge in [0.1, 0.15) is 12.4 Å². The Morgan fingerprint density at radius 3 is 2.80 bits per heavy atom. The Bertz CT molecular complexity index is 462. The van der Waals surface area contributed by atoms with Crippen molar-refractivity contribution >= 4 is 11.0 Å². The molecule has 0 spiro atoms. The first-order valence-electron chi connectivity index (χ1n) is 5.34. The van der Waals surface area contributed by atoms with Gasteiger partial charge in [-0.1, -0.05) is 19.1 Å². The molecule has 0 bridgehead atoms. The molecule has 0 radical (unpaired) electrons. The number of rotatable bonds is 3. The van der Waals surface area contributed by atoms with Gasteiger partial charge in [0.05, 0.1) is 11.0 Å². The first-order valence-corrected chi connectivity index (χ1v) is 5.34. The summed E-state index contributed by atoms with van der Waals surface area (Å²) >= 11 is 0. The molecule has 0 saturated carbocycles. The van der Waals surface area contributed by atoms with E-state index in [0.717, 1.165) is 23.3 Å². The third kappa shape index (κ3) is 1.63. The fourth-order valence-corrected chi connectivity index (χ4v) is 1.88. The van der Waals surface area contributed by atoms with Gasteiger partial charge in [0, 0.05) is 6.04 Å². The number of aromatic nitrogens is 2. The number of fused-ring (bicyclic) bond motifs is 1. The molecule has 3 nitrogen and oxygen atoms in total. The van der Waals surface area contributed by atoms with Crippen molar-refractivity contribution in [1.82, 2.24) is 9.55 Å². The molecule has 0 amide bonds. The van der Waals surface area contributed by atoms with Crippen LogP contribution in [0.4, 0.5) is 0 Å². The first kappa shape index (κ1) is 10.2. The third-order valence-electron chi connectivity index (χ3n) is 2.84. The van der Waals surface area contributed by atoms with Crippen molar-refractivity contribution in [3.63, 3.8) is 0 Å². The van der Waals surface area contributed by atoms with E-state index in [9.17, 15) is 5.11 Å². The van der Waals surface area contributed by atoms with Crippen LogP contribution >= 0.6 is 0 Å². The van der Waals surface area contributed by atoms with Crippen LogP contribution in [0.3, 0.4) is 0 Å². The minimum atomic E-state index is -0.000972. The predicted octanol–water partition coefficient (Wildman–Crippen LogP) is 2.50. The summed E-state index contributed by atoms with van der Waals surface area (Å²) in [7, 11) is 0. The van der Waals surface area contributed by atoms with Gasteiger partial charge in [0.2, 0.25) is 0 Å². The van der Waals surface area contributed by atoms with Crippen molar-refractivity contribution in [1.29, 1.82) is 0 Å². The molecule has 1 aromatic heterocycles. The molecule has 3 heteroatoms. The number of imidazole rings is 1. The second-order valence-electron chi connectivity index (χ2n) is 3.80. The monoisotopic (exact) mass is 204 g/mol. The lowest BCUT2D eigenvalue weighted by molar-refractivity contribution is 0.262.